The van der Waals surface area contributed by atoms with E-state index in [9.17, 15) is 23.1 Å². The van der Waals surface area contributed by atoms with Gasteiger partial charge < -0.3 is 9.95 Å². The number of hydrogen-bond donors (Lipinski definition) is 1. The molecule has 0 fully saturated rings. The van der Waals surface area contributed by atoms with Crippen LogP contribution in [0, 0.1) is 6.57 Å². The van der Waals surface area contributed by atoms with Crippen LogP contribution in [-0.2, 0) is 17.4 Å². The largest absolute Gasteiger partial charge is 0.409 e. The second-order valence-electron chi connectivity index (χ2n) is 4.33. The average molecular weight is 351 g/mol. The van der Waals surface area contributed by atoms with Crippen LogP contribution in [0.1, 0.15) is 18.1 Å². The van der Waals surface area contributed by atoms with Gasteiger partial charge in [-0.1, -0.05) is 28.6 Å². The Morgan fingerprint density at radius 2 is 2.15 bits per heavy atom. The van der Waals surface area contributed by atoms with Gasteiger partial charge in [0.1, 0.15) is 11.8 Å². The Bertz CT molecular complexity index is 565. The molecule has 0 aliphatic rings. The fourth-order valence-corrected chi connectivity index (χ4v) is 1.66. The summed E-state index contributed by atoms with van der Waals surface area (Å²) in [6.45, 7) is 7.91. The number of hydrogen-bond acceptors (Lipinski definition) is 3. The topological polar surface area (TPSA) is 54.5 Å². The van der Waals surface area contributed by atoms with Gasteiger partial charge in [-0.15, -0.1) is 4.98 Å². The summed E-state index contributed by atoms with van der Waals surface area (Å²) in [5.74, 6) is -1.40. The smallest absolute Gasteiger partial charge is 0.381 e. The molecule has 0 aliphatic carbocycles. The maximum atomic E-state index is 12.7. The summed E-state index contributed by atoms with van der Waals surface area (Å²) in [5.41, 5.74) is -2.86. The van der Waals surface area contributed by atoms with Gasteiger partial charge in [0.25, 0.3) is 5.82 Å². The SMILES string of the molecule is [C-]#[N+]c1ncc(CC(=O)[C@@](C)(O)CBr)cc1C(F)(F)F. The molecular weight excluding hydrogens is 341 g/mol. The Morgan fingerprint density at radius 1 is 1.55 bits per heavy atom. The van der Waals surface area contributed by atoms with Crippen LogP contribution < -0.4 is 0 Å². The number of ketones is 1. The molecule has 0 bridgehead atoms. The Kier molecular flexibility index (Phi) is 4.89. The van der Waals surface area contributed by atoms with Crippen molar-refractivity contribution in [2.24, 2.45) is 0 Å². The second kappa shape index (κ2) is 5.89. The van der Waals surface area contributed by atoms with E-state index in [-0.39, 0.29) is 10.9 Å². The van der Waals surface area contributed by atoms with E-state index in [1.807, 2.05) is 0 Å². The fraction of sp³-hybridized carbons (Fsp3) is 0.417. The van der Waals surface area contributed by atoms with Crippen LogP contribution in [0.5, 0.6) is 0 Å². The van der Waals surface area contributed by atoms with Crippen molar-refractivity contribution in [2.45, 2.75) is 25.1 Å². The molecule has 1 atom stereocenters. The zero-order chi connectivity index (χ0) is 15.6. The summed E-state index contributed by atoms with van der Waals surface area (Å²) in [4.78, 5) is 17.8. The van der Waals surface area contributed by atoms with Gasteiger partial charge >= 0.3 is 6.18 Å². The predicted octanol–water partition coefficient (Wildman–Crippen LogP) is 2.91. The van der Waals surface area contributed by atoms with Gasteiger partial charge in [-0.05, 0) is 6.92 Å². The van der Waals surface area contributed by atoms with Crippen molar-refractivity contribution >= 4 is 27.5 Å². The molecule has 0 saturated heterocycles. The highest BCUT2D eigenvalue weighted by Gasteiger charge is 2.35. The molecule has 20 heavy (non-hydrogen) atoms. The molecule has 0 radical (unpaired) electrons. The molecule has 0 aliphatic heterocycles. The van der Waals surface area contributed by atoms with Crippen LogP contribution >= 0.6 is 15.9 Å². The first-order chi connectivity index (χ1) is 9.11. The first-order valence-corrected chi connectivity index (χ1v) is 6.49. The van der Waals surface area contributed by atoms with E-state index in [4.69, 9.17) is 6.57 Å². The van der Waals surface area contributed by atoms with E-state index < -0.39 is 35.4 Å². The standard InChI is InChI=1S/C12H10BrF3N2O2/c1-11(20,6-13)9(19)4-7-3-8(12(14,15)16)10(17-2)18-5-7/h3,5,20H,4,6H2,1H3/t11-/m0/s1. The lowest BCUT2D eigenvalue weighted by Gasteiger charge is -2.18. The lowest BCUT2D eigenvalue weighted by atomic mass is 9.97. The van der Waals surface area contributed by atoms with E-state index in [2.05, 4.69) is 25.8 Å². The van der Waals surface area contributed by atoms with Gasteiger partial charge in [0.2, 0.25) is 0 Å². The van der Waals surface area contributed by atoms with Crippen LogP contribution in [0.25, 0.3) is 4.85 Å². The molecule has 108 valence electrons. The molecule has 0 aromatic carbocycles. The van der Waals surface area contributed by atoms with Crippen molar-refractivity contribution in [2.75, 3.05) is 5.33 Å². The zero-order valence-corrected chi connectivity index (χ0v) is 11.9. The minimum Gasteiger partial charge on any atom is -0.381 e. The molecule has 1 rings (SSSR count). The van der Waals surface area contributed by atoms with Gasteiger partial charge in [0.05, 0.1) is 5.56 Å². The van der Waals surface area contributed by atoms with Gasteiger partial charge in [-0.2, -0.15) is 13.2 Å². The van der Waals surface area contributed by atoms with Crippen LogP contribution in [0.15, 0.2) is 12.3 Å². The third-order valence-electron chi connectivity index (χ3n) is 2.56. The minimum absolute atomic E-state index is 0.00375. The monoisotopic (exact) mass is 350 g/mol. The normalized spacial score (nSPS) is 14.4. The molecule has 4 nitrogen and oxygen atoms in total. The molecule has 0 unspecified atom stereocenters. The number of alkyl halides is 4. The molecule has 1 heterocycles. The van der Waals surface area contributed by atoms with E-state index in [0.717, 1.165) is 6.20 Å². The molecule has 8 heteroatoms. The second-order valence-corrected chi connectivity index (χ2v) is 4.89. The summed E-state index contributed by atoms with van der Waals surface area (Å²) < 4.78 is 38.2. The zero-order valence-electron chi connectivity index (χ0n) is 10.3. The fourth-order valence-electron chi connectivity index (χ4n) is 1.35. The van der Waals surface area contributed by atoms with Crippen molar-refractivity contribution in [3.63, 3.8) is 0 Å². The number of aliphatic hydroxyl groups is 1. The van der Waals surface area contributed by atoms with Crippen molar-refractivity contribution in [1.29, 1.82) is 0 Å². The van der Waals surface area contributed by atoms with E-state index in [1.165, 1.54) is 6.92 Å². The van der Waals surface area contributed by atoms with Gasteiger partial charge in [0.15, 0.2) is 5.78 Å². The highest BCUT2D eigenvalue weighted by Crippen LogP contribution is 2.35. The van der Waals surface area contributed by atoms with Crippen LogP contribution in [0.4, 0.5) is 19.0 Å². The van der Waals surface area contributed by atoms with Gasteiger partial charge in [0, 0.05) is 17.3 Å². The van der Waals surface area contributed by atoms with Crippen LogP contribution in [0.3, 0.4) is 0 Å². The maximum absolute atomic E-state index is 12.7. The number of pyridine rings is 1. The quantitative estimate of drug-likeness (QED) is 0.671. The number of carbonyl (C=O) groups is 1. The predicted molar refractivity (Wildman–Crippen MR) is 68.6 cm³/mol. The first-order valence-electron chi connectivity index (χ1n) is 5.37. The van der Waals surface area contributed by atoms with Crippen molar-refractivity contribution in [3.05, 3.63) is 34.8 Å². The molecule has 0 amide bonds. The molecule has 1 N–H and O–H groups in total. The number of Topliss-reactive ketones (excluding diaryl/α,β-unsaturated/α-hetero) is 1. The number of carbonyl (C=O) groups excluding carboxylic acids is 1. The Hall–Kier alpha value is -1.46. The summed E-state index contributed by atoms with van der Waals surface area (Å²) in [5, 5.41) is 9.67. The lowest BCUT2D eigenvalue weighted by molar-refractivity contribution is -0.137. The highest BCUT2D eigenvalue weighted by molar-refractivity contribution is 9.09. The van der Waals surface area contributed by atoms with Crippen LogP contribution in [0.2, 0.25) is 0 Å². The van der Waals surface area contributed by atoms with Gasteiger partial charge in [-0.25, -0.2) is 0 Å². The number of rotatable bonds is 4. The number of aromatic nitrogens is 1. The van der Waals surface area contributed by atoms with Gasteiger partial charge in [-0.3, -0.25) is 4.79 Å². The third-order valence-corrected chi connectivity index (χ3v) is 3.65. The van der Waals surface area contributed by atoms with Crippen molar-refractivity contribution < 1.29 is 23.1 Å². The Labute approximate surface area is 121 Å². The molecule has 1 aromatic rings. The first kappa shape index (κ1) is 16.6. The molecular formula is C12H10BrF3N2O2. The summed E-state index contributed by atoms with van der Waals surface area (Å²) in [7, 11) is 0. The number of halogens is 4. The molecule has 1 aromatic heterocycles. The van der Waals surface area contributed by atoms with Crippen molar-refractivity contribution in [1.82, 2.24) is 4.98 Å². The molecule has 0 saturated carbocycles. The van der Waals surface area contributed by atoms with E-state index in [1.54, 1.807) is 0 Å². The Morgan fingerprint density at radius 3 is 2.60 bits per heavy atom. The summed E-state index contributed by atoms with van der Waals surface area (Å²) in [6.07, 6.45) is -4.08. The Balaban J connectivity index is 3.12. The average Bonchev–Trinajstić information content (AvgIpc) is 2.37. The minimum atomic E-state index is -4.72. The lowest BCUT2D eigenvalue weighted by Crippen LogP contribution is -2.38. The van der Waals surface area contributed by atoms with E-state index >= 15 is 0 Å². The molecule has 0 spiro atoms. The summed E-state index contributed by atoms with van der Waals surface area (Å²) >= 11 is 2.95. The summed E-state index contributed by atoms with van der Waals surface area (Å²) in [6, 6.07) is 0.711. The van der Waals surface area contributed by atoms with Crippen molar-refractivity contribution in [3.8, 4) is 0 Å². The van der Waals surface area contributed by atoms with Crippen LogP contribution in [-0.4, -0.2) is 26.8 Å². The maximum Gasteiger partial charge on any atom is 0.409 e. The highest BCUT2D eigenvalue weighted by atomic mass is 79.9. The van der Waals surface area contributed by atoms with E-state index in [0.29, 0.717) is 6.07 Å². The third kappa shape index (κ3) is 3.77. The number of nitrogens with zero attached hydrogens (tertiary/aromatic N) is 2.